The molecule has 0 atom stereocenters. The summed E-state index contributed by atoms with van der Waals surface area (Å²) >= 11 is 3.48. The highest BCUT2D eigenvalue weighted by Gasteiger charge is 2.01. The van der Waals surface area contributed by atoms with Crippen LogP contribution in [0.1, 0.15) is 5.56 Å². The fourth-order valence-electron chi connectivity index (χ4n) is 1.26. The second kappa shape index (κ2) is 4.49. The Morgan fingerprint density at radius 1 is 1.25 bits per heavy atom. The number of anilines is 3. The largest absolute Gasteiger partial charge is 0.382 e. The molecule has 0 unspecified atom stereocenters. The minimum absolute atomic E-state index is 0.411. The first kappa shape index (κ1) is 10.9. The predicted molar refractivity (Wildman–Crippen MR) is 68.6 cm³/mol. The number of hydrogen-bond acceptors (Lipinski definition) is 4. The van der Waals surface area contributed by atoms with E-state index < -0.39 is 0 Å². The predicted octanol–water partition coefficient (Wildman–Crippen LogP) is 2.87. The van der Waals surface area contributed by atoms with Crippen LogP contribution in [-0.2, 0) is 0 Å². The molecular weight excluding hydrogens is 268 g/mol. The second-order valence-electron chi connectivity index (χ2n) is 3.43. The van der Waals surface area contributed by atoms with Crippen molar-refractivity contribution in [3.05, 3.63) is 40.6 Å². The van der Waals surface area contributed by atoms with Crippen molar-refractivity contribution in [1.29, 1.82) is 0 Å². The van der Waals surface area contributed by atoms with Gasteiger partial charge in [-0.05, 0) is 40.5 Å². The molecule has 0 fully saturated rings. The lowest BCUT2D eigenvalue weighted by Crippen LogP contribution is -1.97. The molecular formula is C11H11BrN4. The van der Waals surface area contributed by atoms with Gasteiger partial charge in [0.25, 0.3) is 0 Å². The van der Waals surface area contributed by atoms with Gasteiger partial charge >= 0.3 is 0 Å². The van der Waals surface area contributed by atoms with Gasteiger partial charge in [-0.15, -0.1) is 0 Å². The number of nitrogens with one attached hydrogen (secondary N) is 1. The lowest BCUT2D eigenvalue weighted by Gasteiger charge is -2.07. The SMILES string of the molecule is Cc1ccc(Nc2cnc(N)cn2)c(Br)c1. The van der Waals surface area contributed by atoms with Crippen molar-refractivity contribution in [2.24, 2.45) is 0 Å². The summed E-state index contributed by atoms with van der Waals surface area (Å²) in [5.74, 6) is 1.08. The van der Waals surface area contributed by atoms with Crippen molar-refractivity contribution in [3.8, 4) is 0 Å². The van der Waals surface area contributed by atoms with Crippen molar-refractivity contribution in [2.75, 3.05) is 11.1 Å². The quantitative estimate of drug-likeness (QED) is 0.887. The highest BCUT2D eigenvalue weighted by atomic mass is 79.9. The first-order valence-electron chi connectivity index (χ1n) is 4.76. The summed E-state index contributed by atoms with van der Waals surface area (Å²) in [6, 6.07) is 6.04. The number of nitrogen functional groups attached to an aromatic ring is 1. The van der Waals surface area contributed by atoms with Gasteiger partial charge in [-0.1, -0.05) is 6.07 Å². The van der Waals surface area contributed by atoms with E-state index >= 15 is 0 Å². The Morgan fingerprint density at radius 3 is 2.69 bits per heavy atom. The monoisotopic (exact) mass is 278 g/mol. The standard InChI is InChI=1S/C11H11BrN4/c1-7-2-3-9(8(12)4-7)16-11-6-14-10(13)5-15-11/h2-6H,1H3,(H2,13,14)(H,15,16). The molecule has 0 aliphatic heterocycles. The minimum Gasteiger partial charge on any atom is -0.382 e. The number of halogens is 1. The number of rotatable bonds is 2. The summed E-state index contributed by atoms with van der Waals surface area (Å²) in [4.78, 5) is 8.08. The Balaban J connectivity index is 2.23. The smallest absolute Gasteiger partial charge is 0.149 e. The first-order valence-corrected chi connectivity index (χ1v) is 5.55. The van der Waals surface area contributed by atoms with Gasteiger partial charge in [0.15, 0.2) is 0 Å². The molecule has 1 aromatic heterocycles. The van der Waals surface area contributed by atoms with Crippen molar-refractivity contribution in [3.63, 3.8) is 0 Å². The number of hydrogen-bond donors (Lipinski definition) is 2. The summed E-state index contributed by atoms with van der Waals surface area (Å²) in [6.07, 6.45) is 3.12. The minimum atomic E-state index is 0.411. The summed E-state index contributed by atoms with van der Waals surface area (Å²) in [7, 11) is 0. The topological polar surface area (TPSA) is 63.8 Å². The number of benzene rings is 1. The average Bonchev–Trinajstić information content (AvgIpc) is 2.25. The zero-order valence-corrected chi connectivity index (χ0v) is 10.3. The van der Waals surface area contributed by atoms with Gasteiger partial charge in [0.05, 0.1) is 18.1 Å². The van der Waals surface area contributed by atoms with E-state index in [1.807, 2.05) is 25.1 Å². The summed E-state index contributed by atoms with van der Waals surface area (Å²) in [6.45, 7) is 2.04. The number of aromatic nitrogens is 2. The second-order valence-corrected chi connectivity index (χ2v) is 4.29. The van der Waals surface area contributed by atoms with Gasteiger partial charge in [0, 0.05) is 4.47 Å². The maximum atomic E-state index is 5.46. The van der Waals surface area contributed by atoms with Gasteiger partial charge in [0.1, 0.15) is 11.6 Å². The van der Waals surface area contributed by atoms with E-state index in [1.165, 1.54) is 11.8 Å². The number of nitrogens with two attached hydrogens (primary N) is 1. The fourth-order valence-corrected chi connectivity index (χ4v) is 1.85. The van der Waals surface area contributed by atoms with Crippen LogP contribution in [0.15, 0.2) is 35.1 Å². The summed E-state index contributed by atoms with van der Waals surface area (Å²) < 4.78 is 0.992. The third kappa shape index (κ3) is 2.49. The van der Waals surface area contributed by atoms with E-state index in [-0.39, 0.29) is 0 Å². The van der Waals surface area contributed by atoms with Gasteiger partial charge in [-0.3, -0.25) is 0 Å². The lowest BCUT2D eigenvalue weighted by atomic mass is 10.2. The van der Waals surface area contributed by atoms with Crippen LogP contribution in [0.5, 0.6) is 0 Å². The molecule has 0 saturated heterocycles. The van der Waals surface area contributed by atoms with Crippen LogP contribution in [0.4, 0.5) is 17.3 Å². The van der Waals surface area contributed by atoms with Crippen LogP contribution in [0.25, 0.3) is 0 Å². The van der Waals surface area contributed by atoms with Crippen molar-refractivity contribution >= 4 is 33.3 Å². The highest BCUT2D eigenvalue weighted by Crippen LogP contribution is 2.25. The van der Waals surface area contributed by atoms with E-state index in [4.69, 9.17) is 5.73 Å². The van der Waals surface area contributed by atoms with Gasteiger partial charge in [-0.2, -0.15) is 0 Å². The van der Waals surface area contributed by atoms with Crippen LogP contribution in [0, 0.1) is 6.92 Å². The van der Waals surface area contributed by atoms with Gasteiger partial charge < -0.3 is 11.1 Å². The van der Waals surface area contributed by atoms with E-state index in [1.54, 1.807) is 6.20 Å². The van der Waals surface area contributed by atoms with Gasteiger partial charge in [-0.25, -0.2) is 9.97 Å². The zero-order chi connectivity index (χ0) is 11.5. The molecule has 3 N–H and O–H groups in total. The van der Waals surface area contributed by atoms with Crippen molar-refractivity contribution < 1.29 is 0 Å². The average molecular weight is 279 g/mol. The molecule has 2 rings (SSSR count). The Bertz CT molecular complexity index is 496. The van der Waals surface area contributed by atoms with E-state index in [2.05, 4.69) is 31.2 Å². The van der Waals surface area contributed by atoms with Gasteiger partial charge in [0.2, 0.25) is 0 Å². The van der Waals surface area contributed by atoms with Crippen LogP contribution in [-0.4, -0.2) is 9.97 Å². The molecule has 16 heavy (non-hydrogen) atoms. The highest BCUT2D eigenvalue weighted by molar-refractivity contribution is 9.10. The molecule has 1 heterocycles. The first-order chi connectivity index (χ1) is 7.65. The van der Waals surface area contributed by atoms with E-state index in [0.717, 1.165) is 10.2 Å². The fraction of sp³-hybridized carbons (Fsp3) is 0.0909. The molecule has 5 heteroatoms. The van der Waals surface area contributed by atoms with Crippen LogP contribution in [0.2, 0.25) is 0 Å². The maximum absolute atomic E-state index is 5.46. The molecule has 1 aromatic carbocycles. The molecule has 0 spiro atoms. The number of aryl methyl sites for hydroxylation is 1. The molecule has 0 aliphatic carbocycles. The number of nitrogens with zero attached hydrogens (tertiary/aromatic N) is 2. The normalized spacial score (nSPS) is 10.1. The Hall–Kier alpha value is -1.62. The Morgan fingerprint density at radius 2 is 2.06 bits per heavy atom. The molecule has 0 aliphatic rings. The molecule has 0 radical (unpaired) electrons. The Labute approximate surface area is 102 Å². The Kier molecular flexibility index (Phi) is 3.05. The van der Waals surface area contributed by atoms with E-state index in [9.17, 15) is 0 Å². The zero-order valence-electron chi connectivity index (χ0n) is 8.74. The molecule has 0 bridgehead atoms. The van der Waals surface area contributed by atoms with Crippen LogP contribution >= 0.6 is 15.9 Å². The third-order valence-electron chi connectivity index (χ3n) is 2.06. The molecule has 0 saturated carbocycles. The van der Waals surface area contributed by atoms with Crippen molar-refractivity contribution in [2.45, 2.75) is 6.92 Å². The van der Waals surface area contributed by atoms with Crippen LogP contribution < -0.4 is 11.1 Å². The maximum Gasteiger partial charge on any atom is 0.149 e. The molecule has 2 aromatic rings. The van der Waals surface area contributed by atoms with Crippen molar-refractivity contribution in [1.82, 2.24) is 9.97 Å². The van der Waals surface area contributed by atoms with E-state index in [0.29, 0.717) is 11.6 Å². The third-order valence-corrected chi connectivity index (χ3v) is 2.72. The lowest BCUT2D eigenvalue weighted by molar-refractivity contribution is 1.21. The summed E-state index contributed by atoms with van der Waals surface area (Å²) in [5.41, 5.74) is 7.60. The summed E-state index contributed by atoms with van der Waals surface area (Å²) in [5, 5.41) is 3.15. The van der Waals surface area contributed by atoms with Crippen LogP contribution in [0.3, 0.4) is 0 Å². The molecule has 82 valence electrons. The molecule has 4 nitrogen and oxygen atoms in total. The molecule has 0 amide bonds.